The standard InChI is InChI=1S/C20H27N3O6/c1-8-27-18-22-13-9-12(21)14(10(2)15(13)17(25)28-18)16(24)11(3)23(7)19(26)29-20(4,5)6/h9,11H,8,21H2,1-7H3. The first kappa shape index (κ1) is 22.2. The molecular weight excluding hydrogens is 378 g/mol. The zero-order valence-corrected chi connectivity index (χ0v) is 17.8. The van der Waals surface area contributed by atoms with Crippen LogP contribution < -0.4 is 16.1 Å². The summed E-state index contributed by atoms with van der Waals surface area (Å²) in [6.07, 6.45) is -0.807. The molecule has 2 aromatic rings. The molecular formula is C20H27N3O6. The molecule has 1 unspecified atom stereocenters. The highest BCUT2D eigenvalue weighted by Crippen LogP contribution is 2.27. The summed E-state index contributed by atoms with van der Waals surface area (Å²) in [5, 5.41) is 0.137. The van der Waals surface area contributed by atoms with Crippen LogP contribution >= 0.6 is 0 Å². The predicted molar refractivity (Wildman–Crippen MR) is 108 cm³/mol. The molecule has 2 rings (SSSR count). The van der Waals surface area contributed by atoms with Crippen LogP contribution in [0.4, 0.5) is 10.5 Å². The van der Waals surface area contributed by atoms with Gasteiger partial charge in [-0.15, -0.1) is 0 Å². The van der Waals surface area contributed by atoms with Gasteiger partial charge < -0.3 is 24.5 Å². The minimum atomic E-state index is -0.869. The first-order valence-corrected chi connectivity index (χ1v) is 9.24. The smallest absolute Gasteiger partial charge is 0.410 e. The fourth-order valence-corrected chi connectivity index (χ4v) is 2.81. The summed E-state index contributed by atoms with van der Waals surface area (Å²) >= 11 is 0. The van der Waals surface area contributed by atoms with Crippen molar-refractivity contribution in [1.82, 2.24) is 9.88 Å². The average molecular weight is 405 g/mol. The van der Waals surface area contributed by atoms with E-state index in [1.54, 1.807) is 41.5 Å². The Balaban J connectivity index is 2.48. The van der Waals surface area contributed by atoms with Crippen LogP contribution in [0.2, 0.25) is 0 Å². The maximum absolute atomic E-state index is 13.1. The molecule has 158 valence electrons. The molecule has 9 nitrogen and oxygen atoms in total. The number of likely N-dealkylation sites (N-methyl/N-ethyl adjacent to an activating group) is 1. The van der Waals surface area contributed by atoms with Crippen LogP contribution in [0, 0.1) is 6.92 Å². The first-order valence-electron chi connectivity index (χ1n) is 9.24. The highest BCUT2D eigenvalue weighted by molar-refractivity contribution is 6.09. The van der Waals surface area contributed by atoms with Gasteiger partial charge in [-0.25, -0.2) is 9.59 Å². The van der Waals surface area contributed by atoms with Crippen LogP contribution in [0.1, 0.15) is 50.5 Å². The number of carbonyl (C=O) groups is 2. The molecule has 0 radical (unpaired) electrons. The summed E-state index contributed by atoms with van der Waals surface area (Å²) in [6.45, 7) is 10.4. The van der Waals surface area contributed by atoms with Crippen molar-refractivity contribution < 1.29 is 23.5 Å². The summed E-state index contributed by atoms with van der Waals surface area (Å²) < 4.78 is 15.5. The molecule has 0 saturated heterocycles. The number of ether oxygens (including phenoxy) is 2. The lowest BCUT2D eigenvalue weighted by molar-refractivity contribution is 0.0231. The fraction of sp³-hybridized carbons (Fsp3) is 0.500. The zero-order chi connectivity index (χ0) is 22.1. The van der Waals surface area contributed by atoms with E-state index >= 15 is 0 Å². The van der Waals surface area contributed by atoms with Crippen LogP contribution in [-0.2, 0) is 4.74 Å². The molecule has 29 heavy (non-hydrogen) atoms. The van der Waals surface area contributed by atoms with Gasteiger partial charge in [-0.1, -0.05) is 0 Å². The van der Waals surface area contributed by atoms with E-state index in [1.807, 2.05) is 0 Å². The number of carbonyl (C=O) groups excluding carboxylic acids is 2. The van der Waals surface area contributed by atoms with E-state index in [2.05, 4.69) is 4.98 Å². The normalized spacial score (nSPS) is 12.5. The van der Waals surface area contributed by atoms with Gasteiger partial charge >= 0.3 is 17.8 Å². The van der Waals surface area contributed by atoms with E-state index in [4.69, 9.17) is 19.6 Å². The number of rotatable bonds is 5. The number of anilines is 1. The van der Waals surface area contributed by atoms with E-state index in [-0.39, 0.29) is 34.8 Å². The van der Waals surface area contributed by atoms with Gasteiger partial charge in [-0.05, 0) is 53.2 Å². The van der Waals surface area contributed by atoms with Crippen molar-refractivity contribution in [2.45, 2.75) is 53.2 Å². The van der Waals surface area contributed by atoms with Crippen molar-refractivity contribution in [3.63, 3.8) is 0 Å². The molecule has 1 atom stereocenters. The Labute approximate surface area is 168 Å². The number of hydrogen-bond donors (Lipinski definition) is 1. The number of amides is 1. The largest absolute Gasteiger partial charge is 0.450 e. The second-order valence-corrected chi connectivity index (χ2v) is 7.69. The van der Waals surface area contributed by atoms with Gasteiger partial charge in [-0.2, -0.15) is 4.98 Å². The SMILES string of the molecule is CCOc1nc2cc(N)c(C(=O)C(C)N(C)C(=O)OC(C)(C)C)c(C)c2c(=O)o1. The average Bonchev–Trinajstić information content (AvgIpc) is 2.58. The van der Waals surface area contributed by atoms with Gasteiger partial charge in [0.1, 0.15) is 5.60 Å². The molecule has 0 bridgehead atoms. The van der Waals surface area contributed by atoms with Gasteiger partial charge in [0.05, 0.1) is 23.6 Å². The number of nitrogens with two attached hydrogens (primary N) is 1. The van der Waals surface area contributed by atoms with Gasteiger partial charge in [0, 0.05) is 18.3 Å². The quantitative estimate of drug-likeness (QED) is 0.594. The zero-order valence-electron chi connectivity index (χ0n) is 17.8. The molecule has 0 spiro atoms. The molecule has 0 aliphatic rings. The Bertz CT molecular complexity index is 1010. The van der Waals surface area contributed by atoms with Gasteiger partial charge in [0.2, 0.25) is 0 Å². The highest BCUT2D eigenvalue weighted by atomic mass is 16.6. The predicted octanol–water partition coefficient (Wildman–Crippen LogP) is 2.92. The summed E-state index contributed by atoms with van der Waals surface area (Å²) in [5.74, 6) is -0.427. The molecule has 1 heterocycles. The van der Waals surface area contributed by atoms with Crippen molar-refractivity contribution in [1.29, 1.82) is 0 Å². The number of aromatic nitrogens is 1. The monoisotopic (exact) mass is 405 g/mol. The highest BCUT2D eigenvalue weighted by Gasteiger charge is 2.30. The van der Waals surface area contributed by atoms with Gasteiger partial charge in [-0.3, -0.25) is 4.79 Å². The number of fused-ring (bicyclic) bond motifs is 1. The topological polar surface area (TPSA) is 125 Å². The molecule has 1 aromatic heterocycles. The minimum Gasteiger partial charge on any atom is -0.450 e. The Morgan fingerprint density at radius 2 is 1.97 bits per heavy atom. The van der Waals surface area contributed by atoms with Crippen LogP contribution in [-0.4, -0.2) is 47.1 Å². The number of ketones is 1. The van der Waals surface area contributed by atoms with E-state index in [0.717, 1.165) is 0 Å². The molecule has 0 aliphatic carbocycles. The number of nitrogen functional groups attached to an aromatic ring is 1. The Morgan fingerprint density at radius 3 is 2.52 bits per heavy atom. The lowest BCUT2D eigenvalue weighted by Gasteiger charge is -2.28. The Hall–Kier alpha value is -3.10. The van der Waals surface area contributed by atoms with Gasteiger partial charge in [0.15, 0.2) is 5.78 Å². The molecule has 0 fully saturated rings. The van der Waals surface area contributed by atoms with Crippen LogP contribution in [0.25, 0.3) is 10.9 Å². The maximum atomic E-state index is 13.1. The van der Waals surface area contributed by atoms with Crippen molar-refractivity contribution in [2.24, 2.45) is 0 Å². The van der Waals surface area contributed by atoms with Crippen molar-refractivity contribution in [3.8, 4) is 6.08 Å². The van der Waals surface area contributed by atoms with Crippen LogP contribution in [0.5, 0.6) is 6.08 Å². The molecule has 0 aliphatic heterocycles. The number of nitrogens with zero attached hydrogens (tertiary/aromatic N) is 2. The molecule has 9 heteroatoms. The third-order valence-corrected chi connectivity index (χ3v) is 4.34. The third-order valence-electron chi connectivity index (χ3n) is 4.34. The van der Waals surface area contributed by atoms with E-state index in [0.29, 0.717) is 5.56 Å². The second-order valence-electron chi connectivity index (χ2n) is 7.69. The molecule has 1 amide bonds. The summed E-state index contributed by atoms with van der Waals surface area (Å²) in [6, 6.07) is 0.556. The number of aryl methyl sites for hydroxylation is 1. The number of Topliss-reactive ketones (excluding diaryl/α,β-unsaturated/α-hetero) is 1. The van der Waals surface area contributed by atoms with E-state index in [9.17, 15) is 14.4 Å². The van der Waals surface area contributed by atoms with Crippen molar-refractivity contribution >= 4 is 28.5 Å². The fourth-order valence-electron chi connectivity index (χ4n) is 2.81. The van der Waals surface area contributed by atoms with Crippen molar-refractivity contribution in [3.05, 3.63) is 27.6 Å². The summed E-state index contributed by atoms with van der Waals surface area (Å²) in [5.41, 5.74) is 5.61. The first-order chi connectivity index (χ1) is 13.4. The lowest BCUT2D eigenvalue weighted by atomic mass is 9.95. The third kappa shape index (κ3) is 4.67. The maximum Gasteiger partial charge on any atom is 0.410 e. The van der Waals surface area contributed by atoms with Crippen LogP contribution in [0.3, 0.4) is 0 Å². The molecule has 2 N–H and O–H groups in total. The number of benzene rings is 1. The molecule has 0 saturated carbocycles. The van der Waals surface area contributed by atoms with Gasteiger partial charge in [0.25, 0.3) is 0 Å². The second kappa shape index (κ2) is 8.10. The Kier molecular flexibility index (Phi) is 6.20. The molecule has 1 aromatic carbocycles. The van der Waals surface area contributed by atoms with E-state index in [1.165, 1.54) is 18.0 Å². The summed E-state index contributed by atoms with van der Waals surface area (Å²) in [4.78, 5) is 43.2. The summed E-state index contributed by atoms with van der Waals surface area (Å²) in [7, 11) is 1.47. The lowest BCUT2D eigenvalue weighted by Crippen LogP contribution is -2.43. The Morgan fingerprint density at radius 1 is 1.34 bits per heavy atom. The number of hydrogen-bond acceptors (Lipinski definition) is 8. The van der Waals surface area contributed by atoms with E-state index < -0.39 is 29.1 Å². The minimum absolute atomic E-state index is 0.137. The van der Waals surface area contributed by atoms with Crippen molar-refractivity contribution in [2.75, 3.05) is 19.4 Å². The van der Waals surface area contributed by atoms with Crippen LogP contribution in [0.15, 0.2) is 15.3 Å².